The Labute approximate surface area is 129 Å². The maximum absolute atomic E-state index is 12.7. The molecule has 0 bridgehead atoms. The minimum atomic E-state index is -1.03. The lowest BCUT2D eigenvalue weighted by molar-refractivity contribution is -0.136. The van der Waals surface area contributed by atoms with Gasteiger partial charge >= 0.3 is 5.97 Å². The molecule has 1 unspecified atom stereocenters. The predicted molar refractivity (Wildman–Crippen MR) is 81.7 cm³/mol. The average Bonchev–Trinajstić information content (AvgIpc) is 2.86. The largest absolute Gasteiger partial charge is 0.481 e. The van der Waals surface area contributed by atoms with E-state index in [4.69, 9.17) is 9.52 Å². The predicted octanol–water partition coefficient (Wildman–Crippen LogP) is 3.05. The molecule has 116 valence electrons. The van der Waals surface area contributed by atoms with E-state index in [1.807, 2.05) is 37.3 Å². The molecule has 0 saturated heterocycles. The summed E-state index contributed by atoms with van der Waals surface area (Å²) in [6.07, 6.45) is 1.12. The Morgan fingerprint density at radius 3 is 2.50 bits per heavy atom. The van der Waals surface area contributed by atoms with Crippen LogP contribution in [0, 0.1) is 6.92 Å². The topological polar surface area (TPSA) is 70.7 Å². The van der Waals surface area contributed by atoms with Gasteiger partial charge in [-0.15, -0.1) is 0 Å². The van der Waals surface area contributed by atoms with Crippen molar-refractivity contribution in [3.05, 3.63) is 59.0 Å². The first-order valence-electron chi connectivity index (χ1n) is 7.02. The summed E-state index contributed by atoms with van der Waals surface area (Å²) >= 11 is 0. The number of rotatable bonds is 5. The molecule has 1 aromatic carbocycles. The number of carbonyl (C=O) groups excluding carboxylic acids is 1. The van der Waals surface area contributed by atoms with Crippen LogP contribution < -0.4 is 0 Å². The van der Waals surface area contributed by atoms with E-state index >= 15 is 0 Å². The van der Waals surface area contributed by atoms with E-state index in [2.05, 4.69) is 0 Å². The highest BCUT2D eigenvalue weighted by atomic mass is 16.4. The summed E-state index contributed by atoms with van der Waals surface area (Å²) in [5.41, 5.74) is 2.00. The smallest absolute Gasteiger partial charge is 0.311 e. The number of amides is 1. The van der Waals surface area contributed by atoms with Crippen LogP contribution >= 0.6 is 0 Å². The molecule has 1 atom stereocenters. The Kier molecular flexibility index (Phi) is 4.65. The third kappa shape index (κ3) is 3.19. The maximum atomic E-state index is 12.7. The van der Waals surface area contributed by atoms with E-state index in [9.17, 15) is 9.59 Å². The molecule has 0 aliphatic rings. The third-order valence-corrected chi connectivity index (χ3v) is 3.76. The van der Waals surface area contributed by atoms with Gasteiger partial charge in [0.15, 0.2) is 0 Å². The number of hydrogen-bond acceptors (Lipinski definition) is 3. The Balaban J connectivity index is 2.28. The fraction of sp³-hybridized carbons (Fsp3) is 0.294. The lowest BCUT2D eigenvalue weighted by atomic mass is 10.0. The first-order valence-corrected chi connectivity index (χ1v) is 7.02. The second kappa shape index (κ2) is 6.47. The summed E-state index contributed by atoms with van der Waals surface area (Å²) in [6.45, 7) is 3.67. The number of carboxylic acid groups (broad SMARTS) is 1. The summed E-state index contributed by atoms with van der Waals surface area (Å²) in [6, 6.07) is 9.54. The van der Waals surface area contributed by atoms with Crippen LogP contribution in [0.4, 0.5) is 0 Å². The van der Waals surface area contributed by atoms with Gasteiger partial charge in [0.25, 0.3) is 5.91 Å². The van der Waals surface area contributed by atoms with Gasteiger partial charge in [-0.1, -0.05) is 30.3 Å². The van der Waals surface area contributed by atoms with Gasteiger partial charge in [-0.3, -0.25) is 9.59 Å². The molecule has 0 radical (unpaired) electrons. The molecule has 0 fully saturated rings. The lowest BCUT2D eigenvalue weighted by Crippen LogP contribution is -2.30. The second-order valence-electron chi connectivity index (χ2n) is 5.29. The van der Waals surface area contributed by atoms with Crippen molar-refractivity contribution in [2.45, 2.75) is 26.3 Å². The number of aryl methyl sites for hydroxylation is 1. The SMILES string of the molecule is Cc1coc(CC(=O)O)c1C(=O)N(C)C(C)c1ccccc1. The van der Waals surface area contributed by atoms with E-state index in [0.29, 0.717) is 11.1 Å². The van der Waals surface area contributed by atoms with Crippen molar-refractivity contribution in [2.24, 2.45) is 0 Å². The third-order valence-electron chi connectivity index (χ3n) is 3.76. The number of aliphatic carboxylic acids is 1. The van der Waals surface area contributed by atoms with Gasteiger partial charge in [0.05, 0.1) is 17.9 Å². The van der Waals surface area contributed by atoms with Gasteiger partial charge in [0.1, 0.15) is 12.2 Å². The Hall–Kier alpha value is -2.56. The summed E-state index contributed by atoms with van der Waals surface area (Å²) in [7, 11) is 1.71. The number of hydrogen-bond donors (Lipinski definition) is 1. The first-order chi connectivity index (χ1) is 10.4. The van der Waals surface area contributed by atoms with E-state index in [1.165, 1.54) is 6.26 Å². The van der Waals surface area contributed by atoms with E-state index in [-0.39, 0.29) is 24.1 Å². The monoisotopic (exact) mass is 301 g/mol. The highest BCUT2D eigenvalue weighted by Crippen LogP contribution is 2.24. The number of carbonyl (C=O) groups is 2. The summed E-state index contributed by atoms with van der Waals surface area (Å²) in [5.74, 6) is -1.07. The molecule has 5 nitrogen and oxygen atoms in total. The molecule has 0 saturated carbocycles. The normalized spacial score (nSPS) is 12.0. The maximum Gasteiger partial charge on any atom is 0.311 e. The minimum Gasteiger partial charge on any atom is -0.481 e. The van der Waals surface area contributed by atoms with Crippen LogP contribution in [0.5, 0.6) is 0 Å². The molecule has 5 heteroatoms. The van der Waals surface area contributed by atoms with Crippen LogP contribution in [-0.4, -0.2) is 28.9 Å². The fourth-order valence-electron chi connectivity index (χ4n) is 2.36. The van der Waals surface area contributed by atoms with E-state index in [0.717, 1.165) is 5.56 Å². The zero-order valence-corrected chi connectivity index (χ0v) is 12.9. The second-order valence-corrected chi connectivity index (χ2v) is 5.29. The van der Waals surface area contributed by atoms with Gasteiger partial charge in [-0.05, 0) is 19.4 Å². The Bertz CT molecular complexity index is 675. The molecule has 1 N–H and O–H groups in total. The van der Waals surface area contributed by atoms with Crippen molar-refractivity contribution in [1.29, 1.82) is 0 Å². The molecule has 0 aliphatic carbocycles. The average molecular weight is 301 g/mol. The molecular formula is C17H19NO4. The number of furan rings is 1. The van der Waals surface area contributed by atoms with Crippen molar-refractivity contribution in [1.82, 2.24) is 4.90 Å². The van der Waals surface area contributed by atoms with Crippen molar-refractivity contribution in [3.63, 3.8) is 0 Å². The number of benzene rings is 1. The lowest BCUT2D eigenvalue weighted by Gasteiger charge is -2.25. The van der Waals surface area contributed by atoms with Crippen LogP contribution in [0.3, 0.4) is 0 Å². The van der Waals surface area contributed by atoms with Gasteiger partial charge in [-0.2, -0.15) is 0 Å². The zero-order chi connectivity index (χ0) is 16.3. The highest BCUT2D eigenvalue weighted by molar-refractivity contribution is 5.97. The van der Waals surface area contributed by atoms with Crippen molar-refractivity contribution < 1.29 is 19.1 Å². The molecule has 22 heavy (non-hydrogen) atoms. The standard InChI is InChI=1S/C17H19NO4/c1-11-10-22-14(9-15(19)20)16(11)17(21)18(3)12(2)13-7-5-4-6-8-13/h4-8,10,12H,9H2,1-3H3,(H,19,20). The Morgan fingerprint density at radius 2 is 1.91 bits per heavy atom. The molecule has 0 aliphatic heterocycles. The first kappa shape index (κ1) is 15.8. The van der Waals surface area contributed by atoms with Crippen molar-refractivity contribution in [3.8, 4) is 0 Å². The van der Waals surface area contributed by atoms with E-state index in [1.54, 1.807) is 18.9 Å². The van der Waals surface area contributed by atoms with Gasteiger partial charge in [0, 0.05) is 12.6 Å². The number of nitrogens with zero attached hydrogens (tertiary/aromatic N) is 1. The van der Waals surface area contributed by atoms with Crippen LogP contribution in [0.2, 0.25) is 0 Å². The summed E-state index contributed by atoms with van der Waals surface area (Å²) in [4.78, 5) is 25.2. The Morgan fingerprint density at radius 1 is 1.27 bits per heavy atom. The number of carboxylic acids is 1. The molecule has 2 rings (SSSR count). The summed E-state index contributed by atoms with van der Waals surface area (Å²) in [5, 5.41) is 8.92. The van der Waals surface area contributed by atoms with Gasteiger partial charge in [0.2, 0.25) is 0 Å². The zero-order valence-electron chi connectivity index (χ0n) is 12.9. The minimum absolute atomic E-state index is 0.124. The van der Waals surface area contributed by atoms with Crippen molar-refractivity contribution in [2.75, 3.05) is 7.05 Å². The van der Waals surface area contributed by atoms with E-state index < -0.39 is 5.97 Å². The van der Waals surface area contributed by atoms with Crippen LogP contribution in [-0.2, 0) is 11.2 Å². The quantitative estimate of drug-likeness (QED) is 0.921. The molecule has 1 aromatic heterocycles. The molecule has 1 heterocycles. The van der Waals surface area contributed by atoms with Crippen LogP contribution in [0.15, 0.2) is 41.0 Å². The summed E-state index contributed by atoms with van der Waals surface area (Å²) < 4.78 is 5.23. The fourth-order valence-corrected chi connectivity index (χ4v) is 2.36. The van der Waals surface area contributed by atoms with Gasteiger partial charge in [-0.25, -0.2) is 0 Å². The van der Waals surface area contributed by atoms with Crippen LogP contribution in [0.1, 0.15) is 40.2 Å². The van der Waals surface area contributed by atoms with Gasteiger partial charge < -0.3 is 14.4 Å². The van der Waals surface area contributed by atoms with Crippen LogP contribution in [0.25, 0.3) is 0 Å². The highest BCUT2D eigenvalue weighted by Gasteiger charge is 2.26. The molecule has 1 amide bonds. The van der Waals surface area contributed by atoms with Crippen molar-refractivity contribution >= 4 is 11.9 Å². The molecule has 2 aromatic rings. The molecule has 0 spiro atoms. The molecular weight excluding hydrogens is 282 g/mol.